The number of nitrogens with one attached hydrogen (secondary N) is 1. The standard InChI is InChI=1S/C17H20N2O5S3/c1-26(21,22)14-8-6-13(7-9-14)12-18-17(20)15-4-2-10-19(15)27(23,24)16-5-3-11-25-16/h3,5-9,11,15H,2,4,10,12H2,1H3,(H,18,20)/t15-/m0/s1. The molecule has 146 valence electrons. The average molecular weight is 429 g/mol. The van der Waals surface area contributed by atoms with E-state index in [2.05, 4.69) is 5.32 Å². The third kappa shape index (κ3) is 4.40. The fraction of sp³-hybridized carbons (Fsp3) is 0.353. The third-order valence-electron chi connectivity index (χ3n) is 4.38. The highest BCUT2D eigenvalue weighted by atomic mass is 32.2. The molecule has 1 N–H and O–H groups in total. The summed E-state index contributed by atoms with van der Waals surface area (Å²) in [5.74, 6) is -0.347. The van der Waals surface area contributed by atoms with Crippen LogP contribution >= 0.6 is 11.3 Å². The number of thiophene rings is 1. The second kappa shape index (κ2) is 7.70. The van der Waals surface area contributed by atoms with Crippen molar-refractivity contribution in [3.05, 3.63) is 47.3 Å². The van der Waals surface area contributed by atoms with E-state index in [9.17, 15) is 21.6 Å². The smallest absolute Gasteiger partial charge is 0.253 e. The molecule has 1 aliphatic heterocycles. The number of sulfone groups is 1. The van der Waals surface area contributed by atoms with Gasteiger partial charge in [0.15, 0.2) is 9.84 Å². The van der Waals surface area contributed by atoms with Gasteiger partial charge >= 0.3 is 0 Å². The molecule has 0 aliphatic carbocycles. The number of benzene rings is 1. The van der Waals surface area contributed by atoms with E-state index in [-0.39, 0.29) is 21.6 Å². The second-order valence-electron chi connectivity index (χ2n) is 6.34. The zero-order valence-electron chi connectivity index (χ0n) is 14.7. The molecule has 10 heteroatoms. The van der Waals surface area contributed by atoms with Crippen molar-refractivity contribution in [2.24, 2.45) is 0 Å². The Balaban J connectivity index is 1.67. The number of hydrogen-bond acceptors (Lipinski definition) is 6. The van der Waals surface area contributed by atoms with Crippen molar-refractivity contribution in [3.63, 3.8) is 0 Å². The molecule has 3 rings (SSSR count). The summed E-state index contributed by atoms with van der Waals surface area (Å²) >= 11 is 1.13. The van der Waals surface area contributed by atoms with E-state index in [1.54, 1.807) is 23.6 Å². The molecule has 7 nitrogen and oxygen atoms in total. The number of rotatable bonds is 6. The Bertz CT molecular complexity index is 1010. The predicted octanol–water partition coefficient (Wildman–Crippen LogP) is 1.62. The molecular weight excluding hydrogens is 408 g/mol. The highest BCUT2D eigenvalue weighted by Gasteiger charge is 2.39. The fourth-order valence-corrected chi connectivity index (χ4v) is 6.38. The van der Waals surface area contributed by atoms with E-state index >= 15 is 0 Å². The van der Waals surface area contributed by atoms with Gasteiger partial charge < -0.3 is 5.32 Å². The molecule has 0 radical (unpaired) electrons. The number of carbonyl (C=O) groups is 1. The average Bonchev–Trinajstić information content (AvgIpc) is 3.31. The largest absolute Gasteiger partial charge is 0.351 e. The van der Waals surface area contributed by atoms with E-state index in [1.807, 2.05) is 0 Å². The first-order valence-corrected chi connectivity index (χ1v) is 12.5. The van der Waals surface area contributed by atoms with Crippen molar-refractivity contribution in [2.45, 2.75) is 34.5 Å². The summed E-state index contributed by atoms with van der Waals surface area (Å²) in [5, 5.41) is 4.45. The molecule has 1 aromatic carbocycles. The van der Waals surface area contributed by atoms with Crippen LogP contribution in [0.2, 0.25) is 0 Å². The molecular formula is C17H20N2O5S3. The zero-order chi connectivity index (χ0) is 19.7. The van der Waals surface area contributed by atoms with Gasteiger partial charge in [0.25, 0.3) is 10.0 Å². The van der Waals surface area contributed by atoms with E-state index in [0.717, 1.165) is 23.2 Å². The molecule has 2 aromatic rings. The molecule has 27 heavy (non-hydrogen) atoms. The minimum absolute atomic E-state index is 0.201. The summed E-state index contributed by atoms with van der Waals surface area (Å²) in [5.41, 5.74) is 0.737. The highest BCUT2D eigenvalue weighted by molar-refractivity contribution is 7.91. The van der Waals surface area contributed by atoms with Gasteiger partial charge in [0.1, 0.15) is 10.3 Å². The zero-order valence-corrected chi connectivity index (χ0v) is 17.1. The quantitative estimate of drug-likeness (QED) is 0.754. The van der Waals surface area contributed by atoms with Crippen molar-refractivity contribution in [1.82, 2.24) is 9.62 Å². The van der Waals surface area contributed by atoms with Crippen molar-refractivity contribution < 1.29 is 21.6 Å². The van der Waals surface area contributed by atoms with Gasteiger partial charge in [-0.1, -0.05) is 18.2 Å². The van der Waals surface area contributed by atoms with Crippen LogP contribution in [0.15, 0.2) is 50.9 Å². The number of amides is 1. The van der Waals surface area contributed by atoms with Crippen LogP contribution in [0.5, 0.6) is 0 Å². The van der Waals surface area contributed by atoms with Crippen LogP contribution in [0.25, 0.3) is 0 Å². The van der Waals surface area contributed by atoms with Crippen molar-refractivity contribution in [2.75, 3.05) is 12.8 Å². The monoisotopic (exact) mass is 428 g/mol. The van der Waals surface area contributed by atoms with Gasteiger partial charge in [-0.05, 0) is 42.0 Å². The Morgan fingerprint density at radius 2 is 1.89 bits per heavy atom. The maximum Gasteiger partial charge on any atom is 0.253 e. The summed E-state index contributed by atoms with van der Waals surface area (Å²) in [6.07, 6.45) is 2.24. The number of sulfonamides is 1. The molecule has 1 fully saturated rings. The van der Waals surface area contributed by atoms with E-state index in [0.29, 0.717) is 19.4 Å². The van der Waals surface area contributed by atoms with E-state index < -0.39 is 25.9 Å². The summed E-state index contributed by atoms with van der Waals surface area (Å²) < 4.78 is 49.9. The van der Waals surface area contributed by atoms with Gasteiger partial charge in [0.05, 0.1) is 4.90 Å². The van der Waals surface area contributed by atoms with Crippen molar-refractivity contribution >= 4 is 37.1 Å². The van der Waals surface area contributed by atoms with Gasteiger partial charge in [0, 0.05) is 19.3 Å². The number of carbonyl (C=O) groups excluding carboxylic acids is 1. The van der Waals surface area contributed by atoms with E-state index in [1.165, 1.54) is 22.5 Å². The van der Waals surface area contributed by atoms with Gasteiger partial charge in [-0.3, -0.25) is 4.79 Å². The lowest BCUT2D eigenvalue weighted by Crippen LogP contribution is -2.45. The lowest BCUT2D eigenvalue weighted by atomic mass is 10.2. The maximum absolute atomic E-state index is 12.7. The van der Waals surface area contributed by atoms with Crippen LogP contribution in [0.3, 0.4) is 0 Å². The Morgan fingerprint density at radius 1 is 1.19 bits per heavy atom. The first-order valence-electron chi connectivity index (χ1n) is 8.31. The van der Waals surface area contributed by atoms with Gasteiger partial charge in [-0.2, -0.15) is 4.31 Å². The molecule has 1 saturated heterocycles. The van der Waals surface area contributed by atoms with Crippen LogP contribution < -0.4 is 5.32 Å². The normalized spacial score (nSPS) is 18.5. The van der Waals surface area contributed by atoms with Crippen molar-refractivity contribution in [1.29, 1.82) is 0 Å². The molecule has 0 saturated carbocycles. The topological polar surface area (TPSA) is 101 Å². The minimum atomic E-state index is -3.67. The minimum Gasteiger partial charge on any atom is -0.351 e. The Labute approximate surface area is 163 Å². The molecule has 0 bridgehead atoms. The van der Waals surface area contributed by atoms with Gasteiger partial charge in [0.2, 0.25) is 5.91 Å². The summed E-state index contributed by atoms with van der Waals surface area (Å²) in [7, 11) is -6.94. The summed E-state index contributed by atoms with van der Waals surface area (Å²) in [6, 6.07) is 8.71. The lowest BCUT2D eigenvalue weighted by molar-refractivity contribution is -0.124. The Morgan fingerprint density at radius 3 is 2.48 bits per heavy atom. The molecule has 1 amide bonds. The molecule has 2 heterocycles. The predicted molar refractivity (Wildman–Crippen MR) is 103 cm³/mol. The summed E-state index contributed by atoms with van der Waals surface area (Å²) in [6.45, 7) is 0.521. The third-order valence-corrected chi connectivity index (χ3v) is 8.79. The van der Waals surface area contributed by atoms with Gasteiger partial charge in [-0.15, -0.1) is 11.3 Å². The molecule has 0 spiro atoms. The molecule has 1 atom stereocenters. The highest BCUT2D eigenvalue weighted by Crippen LogP contribution is 2.28. The van der Waals surface area contributed by atoms with Crippen LogP contribution in [0.4, 0.5) is 0 Å². The maximum atomic E-state index is 12.7. The molecule has 0 unspecified atom stereocenters. The first-order chi connectivity index (χ1) is 12.7. The SMILES string of the molecule is CS(=O)(=O)c1ccc(CNC(=O)[C@@H]2CCCN2S(=O)(=O)c2cccs2)cc1. The van der Waals surface area contributed by atoms with Crippen molar-refractivity contribution in [3.8, 4) is 0 Å². The fourth-order valence-electron chi connectivity index (χ4n) is 2.98. The van der Waals surface area contributed by atoms with Crippen LogP contribution in [0.1, 0.15) is 18.4 Å². The van der Waals surface area contributed by atoms with Crippen LogP contribution in [0, 0.1) is 0 Å². The Kier molecular flexibility index (Phi) is 5.71. The van der Waals surface area contributed by atoms with Gasteiger partial charge in [-0.25, -0.2) is 16.8 Å². The second-order valence-corrected chi connectivity index (χ2v) is 11.4. The number of nitrogens with zero attached hydrogens (tertiary/aromatic N) is 1. The van der Waals surface area contributed by atoms with E-state index in [4.69, 9.17) is 0 Å². The number of hydrogen-bond donors (Lipinski definition) is 1. The molecule has 1 aromatic heterocycles. The van der Waals surface area contributed by atoms with Crippen LogP contribution in [-0.2, 0) is 31.2 Å². The summed E-state index contributed by atoms with van der Waals surface area (Å²) in [4.78, 5) is 12.8. The van der Waals surface area contributed by atoms with Crippen LogP contribution in [-0.4, -0.2) is 45.9 Å². The lowest BCUT2D eigenvalue weighted by Gasteiger charge is -2.22. The first kappa shape index (κ1) is 20.0. The Hall–Kier alpha value is -1.75. The molecule has 1 aliphatic rings.